The maximum Gasteiger partial charge on any atom is 0.168 e. The van der Waals surface area contributed by atoms with Gasteiger partial charge in [0.15, 0.2) is 19.5 Å². The summed E-state index contributed by atoms with van der Waals surface area (Å²) in [4.78, 5) is 14.7. The van der Waals surface area contributed by atoms with Crippen LogP contribution in [0.2, 0.25) is 10.1 Å². The molecule has 0 spiro atoms. The van der Waals surface area contributed by atoms with E-state index in [1.165, 1.54) is 0 Å². The largest absolute Gasteiger partial charge is 0.410 e. The summed E-state index contributed by atoms with van der Waals surface area (Å²) in [7, 11) is -2.17. The molecule has 0 saturated heterocycles. The molecule has 5 rings (SSSR count). The van der Waals surface area contributed by atoms with Crippen molar-refractivity contribution >= 4 is 25.3 Å². The van der Waals surface area contributed by atoms with Crippen molar-refractivity contribution in [3.8, 4) is 0 Å². The van der Waals surface area contributed by atoms with E-state index in [-0.39, 0.29) is 21.8 Å². The van der Waals surface area contributed by atoms with E-state index in [4.69, 9.17) is 8.85 Å². The van der Waals surface area contributed by atoms with Gasteiger partial charge in [-0.2, -0.15) is 0 Å². The van der Waals surface area contributed by atoms with Gasteiger partial charge in [0.2, 0.25) is 0 Å². The zero-order chi connectivity index (χ0) is 31.4. The first-order valence-corrected chi connectivity index (χ1v) is 18.6. The van der Waals surface area contributed by atoms with Gasteiger partial charge in [-0.3, -0.25) is 4.79 Å². The standard InChI is InChI=1S/C39H48O3Si2/c1-36(2,3)43-41-38(29-19-11-7-12-20-29,30-21-13-8-14-22-30)33-27-28-34(40)35(33)39(42-44-37(4,5)6,31-23-15-9-16-24-31)32-25-17-10-18-26-32/h7-26,33,35H,27-28,43-44H2,1-6H3/t33-,35+/m0/s1. The number of hydrogen-bond acceptors (Lipinski definition) is 3. The second kappa shape index (κ2) is 13.1. The average molecular weight is 621 g/mol. The lowest BCUT2D eigenvalue weighted by atomic mass is 9.63. The fourth-order valence-corrected chi connectivity index (χ4v) is 9.23. The monoisotopic (exact) mass is 620 g/mol. The Labute approximate surface area is 269 Å². The molecular formula is C39H48O3Si2. The highest BCUT2D eigenvalue weighted by atomic mass is 28.2. The molecule has 2 atom stereocenters. The highest BCUT2D eigenvalue weighted by Crippen LogP contribution is 2.57. The summed E-state index contributed by atoms with van der Waals surface area (Å²) in [6.07, 6.45) is 1.23. The normalized spacial score (nSPS) is 18.5. The minimum Gasteiger partial charge on any atom is -0.410 e. The van der Waals surface area contributed by atoms with Gasteiger partial charge in [0.25, 0.3) is 0 Å². The van der Waals surface area contributed by atoms with Gasteiger partial charge in [0, 0.05) is 12.3 Å². The van der Waals surface area contributed by atoms with Crippen molar-refractivity contribution in [3.05, 3.63) is 144 Å². The first-order valence-electron chi connectivity index (χ1n) is 16.0. The first kappa shape index (κ1) is 32.3. The number of benzene rings is 4. The third-order valence-electron chi connectivity index (χ3n) is 8.69. The van der Waals surface area contributed by atoms with E-state index in [1.807, 2.05) is 12.1 Å². The Kier molecular flexibility index (Phi) is 9.62. The number of hydrogen-bond donors (Lipinski definition) is 0. The van der Waals surface area contributed by atoms with Gasteiger partial charge in [0.05, 0.1) is 5.92 Å². The van der Waals surface area contributed by atoms with Gasteiger partial charge in [-0.05, 0) is 38.8 Å². The maximum absolute atomic E-state index is 14.7. The molecule has 230 valence electrons. The quantitative estimate of drug-likeness (QED) is 0.168. The van der Waals surface area contributed by atoms with Crippen molar-refractivity contribution in [1.82, 2.24) is 0 Å². The summed E-state index contributed by atoms with van der Waals surface area (Å²) in [5, 5.41) is 0.0794. The molecule has 1 saturated carbocycles. The van der Waals surface area contributed by atoms with Gasteiger partial charge in [-0.15, -0.1) is 0 Å². The molecule has 1 fully saturated rings. The lowest BCUT2D eigenvalue weighted by molar-refractivity contribution is -0.131. The van der Waals surface area contributed by atoms with Gasteiger partial charge in [-0.1, -0.05) is 163 Å². The zero-order valence-corrected chi connectivity index (χ0v) is 30.1. The molecule has 5 heteroatoms. The Balaban J connectivity index is 1.84. The molecule has 1 aliphatic rings. The SMILES string of the molecule is CC(C)(C)[SiH2]OC(c1ccccc1)(c1ccccc1)[C@H]1CCC(=O)[C@@H]1C(O[SiH2]C(C)(C)C)(c1ccccc1)c1ccccc1. The maximum atomic E-state index is 14.7. The number of carbonyl (C=O) groups excluding carboxylic acids is 1. The van der Waals surface area contributed by atoms with E-state index >= 15 is 0 Å². The van der Waals surface area contributed by atoms with E-state index in [2.05, 4.69) is 151 Å². The van der Waals surface area contributed by atoms with E-state index in [0.717, 1.165) is 28.7 Å². The Morgan fingerprint density at radius 2 is 0.841 bits per heavy atom. The topological polar surface area (TPSA) is 35.5 Å². The fraction of sp³-hybridized carbons (Fsp3) is 0.359. The number of rotatable bonds is 10. The molecule has 0 radical (unpaired) electrons. The van der Waals surface area contributed by atoms with Crippen LogP contribution >= 0.6 is 0 Å². The highest BCUT2D eigenvalue weighted by molar-refractivity contribution is 6.32. The highest BCUT2D eigenvalue weighted by Gasteiger charge is 2.60. The van der Waals surface area contributed by atoms with Gasteiger partial charge >= 0.3 is 0 Å². The summed E-state index contributed by atoms with van der Waals surface area (Å²) < 4.78 is 14.9. The molecule has 3 nitrogen and oxygen atoms in total. The Morgan fingerprint density at radius 3 is 1.18 bits per heavy atom. The van der Waals surface area contributed by atoms with Crippen LogP contribution < -0.4 is 0 Å². The molecule has 0 aliphatic heterocycles. The fourth-order valence-electron chi connectivity index (χ4n) is 6.85. The van der Waals surface area contributed by atoms with Gasteiger partial charge in [0.1, 0.15) is 17.0 Å². The summed E-state index contributed by atoms with van der Waals surface area (Å²) >= 11 is 0. The zero-order valence-electron chi connectivity index (χ0n) is 27.3. The molecule has 44 heavy (non-hydrogen) atoms. The number of ketones is 1. The number of carbonyl (C=O) groups is 1. The summed E-state index contributed by atoms with van der Waals surface area (Å²) in [5.41, 5.74) is 2.54. The Hall–Kier alpha value is -3.10. The van der Waals surface area contributed by atoms with Crippen LogP contribution in [0, 0.1) is 11.8 Å². The molecule has 0 aromatic heterocycles. The average Bonchev–Trinajstić information content (AvgIpc) is 3.41. The van der Waals surface area contributed by atoms with Crippen LogP contribution in [-0.4, -0.2) is 25.3 Å². The second-order valence-electron chi connectivity index (χ2n) is 14.7. The lowest BCUT2D eigenvalue weighted by Gasteiger charge is -2.50. The van der Waals surface area contributed by atoms with E-state index in [0.29, 0.717) is 6.42 Å². The molecule has 0 unspecified atom stereocenters. The van der Waals surface area contributed by atoms with Crippen LogP contribution in [0.25, 0.3) is 0 Å². The predicted octanol–water partition coefficient (Wildman–Crippen LogP) is 8.11. The Bertz CT molecular complexity index is 1410. The summed E-state index contributed by atoms with van der Waals surface area (Å²) in [6.45, 7) is 13.6. The molecule has 4 aromatic rings. The van der Waals surface area contributed by atoms with Crippen LogP contribution in [-0.2, 0) is 24.8 Å². The van der Waals surface area contributed by atoms with Crippen LogP contribution in [0.3, 0.4) is 0 Å². The molecule has 0 bridgehead atoms. The van der Waals surface area contributed by atoms with Gasteiger partial charge in [-0.25, -0.2) is 0 Å². The summed E-state index contributed by atoms with van der Waals surface area (Å²) in [6, 6.07) is 42.4. The second-order valence-corrected chi connectivity index (χ2v) is 20.1. The summed E-state index contributed by atoms with van der Waals surface area (Å²) in [5.74, 6) is -0.344. The van der Waals surface area contributed by atoms with Crippen molar-refractivity contribution < 1.29 is 13.6 Å². The minimum absolute atomic E-state index is 0.0254. The third-order valence-corrected chi connectivity index (χ3v) is 11.6. The minimum atomic E-state index is -1.11. The third kappa shape index (κ3) is 6.62. The number of Topliss-reactive ketones (excluding diaryl/α,β-unsaturated/α-hetero) is 1. The van der Waals surface area contributed by atoms with Crippen molar-refractivity contribution in [1.29, 1.82) is 0 Å². The smallest absolute Gasteiger partial charge is 0.168 e. The van der Waals surface area contributed by atoms with E-state index in [9.17, 15) is 4.79 Å². The van der Waals surface area contributed by atoms with Crippen LogP contribution in [0.1, 0.15) is 76.6 Å². The first-order chi connectivity index (χ1) is 21.0. The van der Waals surface area contributed by atoms with Crippen LogP contribution in [0.4, 0.5) is 0 Å². The van der Waals surface area contributed by atoms with Crippen molar-refractivity contribution in [2.75, 3.05) is 0 Å². The van der Waals surface area contributed by atoms with Crippen molar-refractivity contribution in [2.45, 2.75) is 75.7 Å². The lowest BCUT2D eigenvalue weighted by Crippen LogP contribution is -2.52. The van der Waals surface area contributed by atoms with Crippen LogP contribution in [0.15, 0.2) is 121 Å². The molecule has 0 heterocycles. The van der Waals surface area contributed by atoms with Gasteiger partial charge < -0.3 is 8.85 Å². The van der Waals surface area contributed by atoms with E-state index in [1.54, 1.807) is 0 Å². The molecule has 1 aliphatic carbocycles. The molecule has 4 aromatic carbocycles. The predicted molar refractivity (Wildman–Crippen MR) is 187 cm³/mol. The Morgan fingerprint density at radius 1 is 0.523 bits per heavy atom. The van der Waals surface area contributed by atoms with Crippen molar-refractivity contribution in [3.63, 3.8) is 0 Å². The molecular weight excluding hydrogens is 573 g/mol. The molecule has 0 amide bonds. The van der Waals surface area contributed by atoms with E-state index < -0.39 is 36.6 Å². The van der Waals surface area contributed by atoms with Crippen molar-refractivity contribution in [2.24, 2.45) is 11.8 Å². The van der Waals surface area contributed by atoms with Crippen LogP contribution in [0.5, 0.6) is 0 Å². The molecule has 0 N–H and O–H groups in total.